The van der Waals surface area contributed by atoms with Crippen molar-refractivity contribution in [3.05, 3.63) is 0 Å². The highest BCUT2D eigenvalue weighted by molar-refractivity contribution is 4.81. The van der Waals surface area contributed by atoms with Crippen LogP contribution in [0.2, 0.25) is 0 Å². The average Bonchev–Trinajstić information content (AvgIpc) is 2.35. The first-order chi connectivity index (χ1) is 8.02. The normalized spacial score (nSPS) is 17.1. The molecule has 0 radical (unpaired) electrons. The fourth-order valence-corrected chi connectivity index (χ4v) is 2.19. The lowest BCUT2D eigenvalue weighted by molar-refractivity contribution is 0.123. The second kappa shape index (κ2) is 8.93. The van der Waals surface area contributed by atoms with E-state index >= 15 is 0 Å². The van der Waals surface area contributed by atoms with E-state index in [1.165, 1.54) is 32.4 Å². The van der Waals surface area contributed by atoms with Crippen LogP contribution in [0.3, 0.4) is 0 Å². The molecular weight excluding hydrogens is 208 g/mol. The van der Waals surface area contributed by atoms with Crippen molar-refractivity contribution in [2.45, 2.75) is 66.8 Å². The summed E-state index contributed by atoms with van der Waals surface area (Å²) in [6.45, 7) is 18.5. The molecule has 0 aromatic rings. The lowest BCUT2D eigenvalue weighted by Gasteiger charge is -2.37. The van der Waals surface area contributed by atoms with E-state index in [0.717, 1.165) is 13.1 Å². The largest absolute Gasteiger partial charge is 0.316 e. The molecule has 0 aromatic heterocycles. The highest BCUT2D eigenvalue weighted by Gasteiger charge is 2.25. The maximum absolute atomic E-state index is 3.59. The fourth-order valence-electron chi connectivity index (χ4n) is 2.19. The van der Waals surface area contributed by atoms with Crippen molar-refractivity contribution in [3.63, 3.8) is 0 Å². The van der Waals surface area contributed by atoms with Gasteiger partial charge in [-0.15, -0.1) is 0 Å². The Labute approximate surface area is 109 Å². The smallest absolute Gasteiger partial charge is 0.00644 e. The minimum Gasteiger partial charge on any atom is -0.316 e. The van der Waals surface area contributed by atoms with Crippen LogP contribution in [0.4, 0.5) is 0 Å². The number of nitrogens with one attached hydrogen (secondary N) is 1. The number of rotatable bonds is 10. The van der Waals surface area contributed by atoms with Crippen LogP contribution in [0.15, 0.2) is 0 Å². The zero-order valence-corrected chi connectivity index (χ0v) is 13.0. The zero-order chi connectivity index (χ0) is 13.3. The van der Waals surface area contributed by atoms with Crippen LogP contribution < -0.4 is 5.32 Å². The Kier molecular flexibility index (Phi) is 8.89. The summed E-state index contributed by atoms with van der Waals surface area (Å²) in [6.07, 6.45) is 3.72. The molecule has 1 N–H and O–H groups in total. The van der Waals surface area contributed by atoms with Crippen LogP contribution in [-0.4, -0.2) is 37.1 Å². The maximum atomic E-state index is 3.59. The van der Waals surface area contributed by atoms with Gasteiger partial charge in [0.05, 0.1) is 0 Å². The van der Waals surface area contributed by atoms with Gasteiger partial charge in [-0.3, -0.25) is 0 Å². The van der Waals surface area contributed by atoms with Gasteiger partial charge < -0.3 is 10.2 Å². The highest BCUT2D eigenvalue weighted by atomic mass is 15.2. The van der Waals surface area contributed by atoms with Crippen molar-refractivity contribution in [2.75, 3.05) is 26.2 Å². The standard InChI is InChI=1S/C15H34N2/c1-7-11-16-12-15(6,9-3)13-17(10-4)14(5)8-2/h14,16H,7-13H2,1-6H3. The predicted molar refractivity (Wildman–Crippen MR) is 78.6 cm³/mol. The van der Waals surface area contributed by atoms with Gasteiger partial charge in [-0.2, -0.15) is 0 Å². The number of hydrogen-bond donors (Lipinski definition) is 1. The summed E-state index contributed by atoms with van der Waals surface area (Å²) in [4.78, 5) is 2.62. The summed E-state index contributed by atoms with van der Waals surface area (Å²) >= 11 is 0. The third kappa shape index (κ3) is 6.42. The Morgan fingerprint density at radius 3 is 2.24 bits per heavy atom. The molecule has 104 valence electrons. The van der Waals surface area contributed by atoms with E-state index < -0.39 is 0 Å². The summed E-state index contributed by atoms with van der Waals surface area (Å²) in [5.41, 5.74) is 0.411. The molecule has 2 heteroatoms. The lowest BCUT2D eigenvalue weighted by atomic mass is 9.86. The van der Waals surface area contributed by atoms with Crippen molar-refractivity contribution in [1.29, 1.82) is 0 Å². The van der Waals surface area contributed by atoms with Crippen LogP contribution in [0.1, 0.15) is 60.8 Å². The predicted octanol–water partition coefficient (Wildman–Crippen LogP) is 3.52. The van der Waals surface area contributed by atoms with Crippen molar-refractivity contribution in [1.82, 2.24) is 10.2 Å². The van der Waals surface area contributed by atoms with Gasteiger partial charge in [-0.25, -0.2) is 0 Å². The van der Waals surface area contributed by atoms with Gasteiger partial charge in [0.15, 0.2) is 0 Å². The molecule has 0 saturated heterocycles. The van der Waals surface area contributed by atoms with E-state index in [-0.39, 0.29) is 0 Å². The lowest BCUT2D eigenvalue weighted by Crippen LogP contribution is -2.45. The molecule has 0 aromatic carbocycles. The number of hydrogen-bond acceptors (Lipinski definition) is 2. The van der Waals surface area contributed by atoms with Crippen molar-refractivity contribution in [3.8, 4) is 0 Å². The van der Waals surface area contributed by atoms with Crippen molar-refractivity contribution >= 4 is 0 Å². The molecule has 17 heavy (non-hydrogen) atoms. The first-order valence-corrected chi connectivity index (χ1v) is 7.47. The molecule has 0 amide bonds. The summed E-state index contributed by atoms with van der Waals surface area (Å²) in [7, 11) is 0. The Morgan fingerprint density at radius 1 is 1.18 bits per heavy atom. The Hall–Kier alpha value is -0.0800. The molecule has 0 aliphatic carbocycles. The van der Waals surface area contributed by atoms with Gasteiger partial charge in [0.2, 0.25) is 0 Å². The Bertz CT molecular complexity index is 182. The molecular formula is C15H34N2. The molecule has 0 bridgehead atoms. The highest BCUT2D eigenvalue weighted by Crippen LogP contribution is 2.23. The molecule has 0 aliphatic rings. The molecule has 0 spiro atoms. The molecule has 0 heterocycles. The SMILES string of the molecule is CCCNCC(C)(CC)CN(CC)C(C)CC. The maximum Gasteiger partial charge on any atom is 0.00644 e. The van der Waals surface area contributed by atoms with Crippen molar-refractivity contribution in [2.24, 2.45) is 5.41 Å². The molecule has 2 unspecified atom stereocenters. The monoisotopic (exact) mass is 242 g/mol. The first kappa shape index (κ1) is 16.9. The second-order valence-electron chi connectivity index (χ2n) is 5.66. The van der Waals surface area contributed by atoms with Crippen LogP contribution in [0.5, 0.6) is 0 Å². The minimum absolute atomic E-state index is 0.411. The van der Waals surface area contributed by atoms with E-state index in [2.05, 4.69) is 51.8 Å². The summed E-state index contributed by atoms with van der Waals surface area (Å²) in [5.74, 6) is 0. The van der Waals surface area contributed by atoms with E-state index in [1.807, 2.05) is 0 Å². The van der Waals surface area contributed by atoms with Crippen molar-refractivity contribution < 1.29 is 0 Å². The van der Waals surface area contributed by atoms with E-state index in [0.29, 0.717) is 11.5 Å². The summed E-state index contributed by atoms with van der Waals surface area (Å²) < 4.78 is 0. The molecule has 2 nitrogen and oxygen atoms in total. The summed E-state index contributed by atoms with van der Waals surface area (Å²) in [6, 6.07) is 0.706. The fraction of sp³-hybridized carbons (Fsp3) is 1.00. The molecule has 0 rings (SSSR count). The van der Waals surface area contributed by atoms with Gasteiger partial charge in [0.1, 0.15) is 0 Å². The van der Waals surface area contributed by atoms with Gasteiger partial charge in [-0.1, -0.05) is 34.6 Å². The summed E-state index contributed by atoms with van der Waals surface area (Å²) in [5, 5.41) is 3.59. The quantitative estimate of drug-likeness (QED) is 0.590. The molecule has 0 aliphatic heterocycles. The zero-order valence-electron chi connectivity index (χ0n) is 13.0. The van der Waals surface area contributed by atoms with E-state index in [1.54, 1.807) is 0 Å². The Balaban J connectivity index is 4.31. The first-order valence-electron chi connectivity index (χ1n) is 7.47. The molecule has 2 atom stereocenters. The third-order valence-electron chi connectivity index (χ3n) is 4.04. The Morgan fingerprint density at radius 2 is 1.82 bits per heavy atom. The number of nitrogens with zero attached hydrogens (tertiary/aromatic N) is 1. The average molecular weight is 242 g/mol. The minimum atomic E-state index is 0.411. The third-order valence-corrected chi connectivity index (χ3v) is 4.04. The van der Waals surface area contributed by atoms with E-state index in [9.17, 15) is 0 Å². The van der Waals surface area contributed by atoms with Crippen LogP contribution >= 0.6 is 0 Å². The van der Waals surface area contributed by atoms with Crippen LogP contribution in [-0.2, 0) is 0 Å². The van der Waals surface area contributed by atoms with Crippen LogP contribution in [0.25, 0.3) is 0 Å². The second-order valence-corrected chi connectivity index (χ2v) is 5.66. The van der Waals surface area contributed by atoms with E-state index in [4.69, 9.17) is 0 Å². The van der Waals surface area contributed by atoms with Crippen LogP contribution in [0, 0.1) is 5.41 Å². The van der Waals surface area contributed by atoms with Gasteiger partial charge in [0.25, 0.3) is 0 Å². The van der Waals surface area contributed by atoms with Gasteiger partial charge >= 0.3 is 0 Å². The topological polar surface area (TPSA) is 15.3 Å². The van der Waals surface area contributed by atoms with Gasteiger partial charge in [0, 0.05) is 19.1 Å². The molecule has 0 saturated carbocycles. The molecule has 0 fully saturated rings. The van der Waals surface area contributed by atoms with Gasteiger partial charge in [-0.05, 0) is 44.7 Å².